The lowest BCUT2D eigenvalue weighted by atomic mass is 9.53. The summed E-state index contributed by atoms with van der Waals surface area (Å²) in [5, 5.41) is 0. The Hall–Kier alpha value is -2.69. The van der Waals surface area contributed by atoms with Crippen LogP contribution in [-0.2, 0) is 14.9 Å². The van der Waals surface area contributed by atoms with Crippen molar-refractivity contribution >= 4 is 17.7 Å². The Kier molecular flexibility index (Phi) is 3.54. The molecule has 4 nitrogen and oxygen atoms in total. The van der Waals surface area contributed by atoms with Crippen LogP contribution in [0.25, 0.3) is 6.08 Å². The minimum atomic E-state index is -0.141. The SMILES string of the molecule is Cc1ccc(/C=C2/C(=O)N3c4ccccc4[C@@]45CCN6CC7=CCO[C@@H]2[C@@H]([C@H]34)[C@H]7C[C@H]65)cc1. The predicted molar refractivity (Wildman–Crippen MR) is 128 cm³/mol. The highest BCUT2D eigenvalue weighted by atomic mass is 16.5. The summed E-state index contributed by atoms with van der Waals surface area (Å²) >= 11 is 0. The van der Waals surface area contributed by atoms with Gasteiger partial charge in [0, 0.05) is 35.2 Å². The lowest BCUT2D eigenvalue weighted by Crippen LogP contribution is -2.69. The van der Waals surface area contributed by atoms with E-state index in [0.29, 0.717) is 24.5 Å². The van der Waals surface area contributed by atoms with Gasteiger partial charge < -0.3 is 9.64 Å². The number of carbonyl (C=O) groups excluding carboxylic acids is 1. The maximum absolute atomic E-state index is 14.3. The molecule has 1 amide bonds. The van der Waals surface area contributed by atoms with E-state index in [0.717, 1.165) is 36.3 Å². The van der Waals surface area contributed by atoms with Gasteiger partial charge in [0.2, 0.25) is 0 Å². The molecule has 33 heavy (non-hydrogen) atoms. The molecule has 166 valence electrons. The Morgan fingerprint density at radius 3 is 2.85 bits per heavy atom. The Labute approximate surface area is 194 Å². The molecule has 4 fully saturated rings. The molecule has 1 saturated carbocycles. The number of anilines is 1. The van der Waals surface area contributed by atoms with Crippen LogP contribution in [0, 0.1) is 18.8 Å². The van der Waals surface area contributed by atoms with Gasteiger partial charge in [-0.1, -0.05) is 59.7 Å². The number of fused-ring (bicyclic) bond motifs is 2. The number of para-hydroxylation sites is 1. The molecule has 1 aliphatic carbocycles. The summed E-state index contributed by atoms with van der Waals surface area (Å²) in [4.78, 5) is 19.2. The standard InChI is InChI=1S/C29H28N2O2/c1-17-6-8-18(9-7-17)14-21-26-25-20-15-24-29(11-12-30(24)16-19(20)10-13-33-26)22-4-2-3-5-23(22)31(27(25)29)28(21)32/h2-10,14,20,24-27H,11-13,15-16H2,1H3/b21-14+/t20-,24-,25-,26-,27-,29+/m0/s1. The Bertz CT molecular complexity index is 1260. The zero-order valence-electron chi connectivity index (χ0n) is 18.9. The van der Waals surface area contributed by atoms with Crippen LogP contribution in [0.5, 0.6) is 0 Å². The molecule has 0 aromatic heterocycles. The van der Waals surface area contributed by atoms with Gasteiger partial charge >= 0.3 is 0 Å². The molecule has 5 heterocycles. The zero-order valence-corrected chi connectivity index (χ0v) is 18.9. The molecule has 2 aromatic carbocycles. The average molecular weight is 437 g/mol. The number of hydrogen-bond donors (Lipinski definition) is 0. The predicted octanol–water partition coefficient (Wildman–Crippen LogP) is 4.09. The van der Waals surface area contributed by atoms with E-state index in [2.05, 4.69) is 77.4 Å². The topological polar surface area (TPSA) is 32.8 Å². The second-order valence-corrected chi connectivity index (χ2v) is 10.9. The number of aryl methyl sites for hydroxylation is 1. The molecule has 8 rings (SSSR count). The van der Waals surface area contributed by atoms with Gasteiger partial charge in [-0.2, -0.15) is 0 Å². The first-order valence-electron chi connectivity index (χ1n) is 12.4. The monoisotopic (exact) mass is 436 g/mol. The van der Waals surface area contributed by atoms with Gasteiger partial charge in [-0.05, 0) is 55.5 Å². The first-order valence-corrected chi connectivity index (χ1v) is 12.4. The van der Waals surface area contributed by atoms with Gasteiger partial charge in [-0.3, -0.25) is 9.69 Å². The number of rotatable bonds is 1. The number of amides is 1. The van der Waals surface area contributed by atoms with Crippen LogP contribution >= 0.6 is 0 Å². The van der Waals surface area contributed by atoms with Crippen LogP contribution in [0.3, 0.4) is 0 Å². The van der Waals surface area contributed by atoms with Gasteiger partial charge in [-0.15, -0.1) is 0 Å². The molecule has 0 N–H and O–H groups in total. The van der Waals surface area contributed by atoms with E-state index in [9.17, 15) is 4.79 Å². The van der Waals surface area contributed by atoms with Gasteiger partial charge in [0.1, 0.15) is 0 Å². The van der Waals surface area contributed by atoms with Crippen LogP contribution in [0.1, 0.15) is 29.5 Å². The van der Waals surface area contributed by atoms with Gasteiger partial charge in [0.15, 0.2) is 0 Å². The van der Waals surface area contributed by atoms with E-state index in [4.69, 9.17) is 4.74 Å². The van der Waals surface area contributed by atoms with Crippen molar-refractivity contribution in [2.45, 2.75) is 43.4 Å². The minimum Gasteiger partial charge on any atom is -0.369 e. The van der Waals surface area contributed by atoms with Crippen LogP contribution < -0.4 is 4.90 Å². The largest absolute Gasteiger partial charge is 0.369 e. The van der Waals surface area contributed by atoms with E-state index >= 15 is 0 Å². The highest BCUT2D eigenvalue weighted by Crippen LogP contribution is 2.66. The summed E-state index contributed by atoms with van der Waals surface area (Å²) in [5.74, 6) is 0.964. The Morgan fingerprint density at radius 1 is 1.12 bits per heavy atom. The minimum absolute atomic E-state index is 0.0420. The second kappa shape index (κ2) is 6.25. The van der Waals surface area contributed by atoms with E-state index in [1.807, 2.05) is 0 Å². The van der Waals surface area contributed by atoms with Crippen LogP contribution in [0.2, 0.25) is 0 Å². The van der Waals surface area contributed by atoms with Crippen LogP contribution in [0.4, 0.5) is 5.69 Å². The average Bonchev–Trinajstić information content (AvgIpc) is 3.29. The first kappa shape index (κ1) is 18.7. The number of hydrogen-bond acceptors (Lipinski definition) is 3. The number of piperidine rings is 2. The summed E-state index contributed by atoms with van der Waals surface area (Å²) in [6, 6.07) is 18.0. The third kappa shape index (κ3) is 2.17. The molecule has 0 unspecified atom stereocenters. The smallest absolute Gasteiger partial charge is 0.257 e. The summed E-state index contributed by atoms with van der Waals surface area (Å²) in [7, 11) is 0. The number of benzene rings is 2. The molecule has 1 spiro atoms. The van der Waals surface area contributed by atoms with Crippen molar-refractivity contribution in [3.63, 3.8) is 0 Å². The highest BCUT2D eigenvalue weighted by molar-refractivity contribution is 6.12. The maximum atomic E-state index is 14.3. The summed E-state index contributed by atoms with van der Waals surface area (Å²) in [6.07, 6.45) is 6.64. The summed E-state index contributed by atoms with van der Waals surface area (Å²) in [6.45, 7) is 4.91. The zero-order chi connectivity index (χ0) is 21.9. The van der Waals surface area contributed by atoms with E-state index in [-0.39, 0.29) is 23.5 Å². The molecule has 6 aliphatic rings. The molecule has 6 atom stereocenters. The maximum Gasteiger partial charge on any atom is 0.257 e. The normalized spacial score (nSPS) is 38.9. The number of carbonyl (C=O) groups is 1. The van der Waals surface area contributed by atoms with Crippen molar-refractivity contribution in [1.82, 2.24) is 4.90 Å². The fourth-order valence-corrected chi connectivity index (χ4v) is 8.43. The van der Waals surface area contributed by atoms with E-state index in [1.165, 1.54) is 17.5 Å². The fraction of sp³-hybridized carbons (Fsp3) is 0.414. The van der Waals surface area contributed by atoms with Crippen molar-refractivity contribution in [2.75, 3.05) is 24.6 Å². The number of nitrogens with zero attached hydrogens (tertiary/aromatic N) is 2. The van der Waals surface area contributed by atoms with Crippen molar-refractivity contribution in [2.24, 2.45) is 11.8 Å². The molecular weight excluding hydrogens is 408 g/mol. The van der Waals surface area contributed by atoms with E-state index in [1.54, 1.807) is 5.57 Å². The molecular formula is C29H28N2O2. The van der Waals surface area contributed by atoms with Crippen molar-refractivity contribution in [3.8, 4) is 0 Å². The molecule has 4 heteroatoms. The van der Waals surface area contributed by atoms with Gasteiger partial charge in [0.05, 0.1) is 18.8 Å². The van der Waals surface area contributed by atoms with Gasteiger partial charge in [0.25, 0.3) is 5.91 Å². The fourth-order valence-electron chi connectivity index (χ4n) is 8.43. The summed E-state index contributed by atoms with van der Waals surface area (Å²) < 4.78 is 6.59. The van der Waals surface area contributed by atoms with Crippen molar-refractivity contribution in [3.05, 3.63) is 82.4 Å². The van der Waals surface area contributed by atoms with Crippen LogP contribution in [-0.4, -0.2) is 48.7 Å². The van der Waals surface area contributed by atoms with Crippen molar-refractivity contribution in [1.29, 1.82) is 0 Å². The van der Waals surface area contributed by atoms with Crippen molar-refractivity contribution < 1.29 is 9.53 Å². The third-order valence-electron chi connectivity index (χ3n) is 9.63. The highest BCUT2D eigenvalue weighted by Gasteiger charge is 2.71. The lowest BCUT2D eigenvalue weighted by Gasteiger charge is -2.59. The number of ether oxygens (including phenoxy) is 1. The molecule has 2 aromatic rings. The molecule has 0 radical (unpaired) electrons. The van der Waals surface area contributed by atoms with Gasteiger partial charge in [-0.25, -0.2) is 0 Å². The second-order valence-electron chi connectivity index (χ2n) is 10.9. The summed E-state index contributed by atoms with van der Waals surface area (Å²) in [5.41, 5.74) is 7.28. The first-order chi connectivity index (χ1) is 16.2. The quantitative estimate of drug-likeness (QED) is 0.499. The Morgan fingerprint density at radius 2 is 1.97 bits per heavy atom. The third-order valence-corrected chi connectivity index (χ3v) is 9.63. The Balaban J connectivity index is 1.38. The lowest BCUT2D eigenvalue weighted by molar-refractivity contribution is -0.123. The van der Waals surface area contributed by atoms with Crippen LogP contribution in [0.15, 0.2) is 65.8 Å². The molecule has 3 saturated heterocycles. The molecule has 2 bridgehead atoms. The van der Waals surface area contributed by atoms with E-state index < -0.39 is 0 Å². The molecule has 5 aliphatic heterocycles.